The van der Waals surface area contributed by atoms with E-state index in [1.807, 2.05) is 43.3 Å². The van der Waals surface area contributed by atoms with Crippen LogP contribution in [0.4, 0.5) is 11.4 Å². The molecule has 13 heteroatoms. The lowest BCUT2D eigenvalue weighted by Crippen LogP contribution is -2.42. The summed E-state index contributed by atoms with van der Waals surface area (Å²) < 4.78 is 16.6. The van der Waals surface area contributed by atoms with Gasteiger partial charge in [0.15, 0.2) is 18.1 Å². The molecule has 3 amide bonds. The Hall–Kier alpha value is -4.88. The lowest BCUT2D eigenvalue weighted by molar-refractivity contribution is -0.123. The quantitative estimate of drug-likeness (QED) is 0.166. The Bertz CT molecular complexity index is 2110. The average Bonchev–Trinajstić information content (AvgIpc) is 3.87. The predicted molar refractivity (Wildman–Crippen MR) is 192 cm³/mol. The molecular formula is C38H35N3O8S2. The fraction of sp³-hybridized carbons (Fsp3) is 0.342. The third-order valence-electron chi connectivity index (χ3n) is 10.6. The molecule has 8 rings (SSSR count). The molecule has 4 aromatic rings. The van der Waals surface area contributed by atoms with Crippen LogP contribution >= 0.6 is 23.1 Å². The number of esters is 1. The minimum Gasteiger partial charge on any atom is -0.493 e. The summed E-state index contributed by atoms with van der Waals surface area (Å²) in [5, 5.41) is 3.63. The highest BCUT2D eigenvalue weighted by Gasteiger charge is 2.69. The number of thioether (sulfide) groups is 1. The fourth-order valence-electron chi connectivity index (χ4n) is 8.58. The van der Waals surface area contributed by atoms with Crippen molar-refractivity contribution in [2.75, 3.05) is 30.5 Å². The lowest BCUT2D eigenvalue weighted by Gasteiger charge is -2.43. The number of methoxy groups -OCH3 is 1. The first-order chi connectivity index (χ1) is 24.7. The summed E-state index contributed by atoms with van der Waals surface area (Å²) in [6.45, 7) is 3.69. The van der Waals surface area contributed by atoms with Crippen molar-refractivity contribution in [1.29, 1.82) is 0 Å². The van der Waals surface area contributed by atoms with E-state index in [1.165, 1.54) is 23.3 Å². The van der Waals surface area contributed by atoms with Gasteiger partial charge < -0.3 is 24.5 Å². The zero-order valence-corrected chi connectivity index (χ0v) is 29.7. The third kappa shape index (κ3) is 5.63. The van der Waals surface area contributed by atoms with Gasteiger partial charge in [-0.15, -0.1) is 11.8 Å². The Morgan fingerprint density at radius 1 is 0.941 bits per heavy atom. The van der Waals surface area contributed by atoms with Crippen molar-refractivity contribution >= 4 is 58.2 Å². The number of hydrogen-bond donors (Lipinski definition) is 2. The number of rotatable bonds is 9. The van der Waals surface area contributed by atoms with E-state index in [9.17, 15) is 24.0 Å². The molecule has 51 heavy (non-hydrogen) atoms. The van der Waals surface area contributed by atoms with Crippen molar-refractivity contribution in [2.24, 2.45) is 29.6 Å². The SMILES string of the molecule is CCOC(=O)c1ccc(NC(=O)COc2ccc([C@@H]3c4sc(=O)[nH]c4S[C@@H]4[C@@H]5C[C@@H]([C@@H]6C(=O)N(c7ccc(C)cc7)C(=O)[C@@H]56)[C@H]34)cc2OC)cc1. The average molecular weight is 726 g/mol. The molecule has 1 aromatic heterocycles. The largest absolute Gasteiger partial charge is 0.493 e. The number of nitrogens with zero attached hydrogens (tertiary/aromatic N) is 1. The van der Waals surface area contributed by atoms with E-state index in [1.54, 1.807) is 49.0 Å². The molecule has 2 bridgehead atoms. The summed E-state index contributed by atoms with van der Waals surface area (Å²) in [7, 11) is 1.53. The molecule has 2 aliphatic carbocycles. The topological polar surface area (TPSA) is 144 Å². The predicted octanol–water partition coefficient (Wildman–Crippen LogP) is 5.63. The van der Waals surface area contributed by atoms with E-state index in [0.717, 1.165) is 27.5 Å². The number of carbonyl (C=O) groups is 4. The number of H-pyrrole nitrogens is 1. The van der Waals surface area contributed by atoms with Gasteiger partial charge in [-0.25, -0.2) is 4.79 Å². The second kappa shape index (κ2) is 13.0. The molecular weight excluding hydrogens is 691 g/mol. The number of fused-ring (bicyclic) bond motifs is 9. The number of carbonyl (C=O) groups excluding carboxylic acids is 4. The summed E-state index contributed by atoms with van der Waals surface area (Å²) in [6, 6.07) is 19.5. The number of hydrogen-bond acceptors (Lipinski definition) is 10. The van der Waals surface area contributed by atoms with Crippen LogP contribution in [0.15, 0.2) is 76.6 Å². The van der Waals surface area contributed by atoms with E-state index >= 15 is 0 Å². The summed E-state index contributed by atoms with van der Waals surface area (Å²) in [5.74, 6) is -1.28. The van der Waals surface area contributed by atoms with Crippen LogP contribution in [0.5, 0.6) is 11.5 Å². The second-order valence-electron chi connectivity index (χ2n) is 13.4. The molecule has 7 atom stereocenters. The maximum Gasteiger partial charge on any atom is 0.338 e. The van der Waals surface area contributed by atoms with Crippen molar-refractivity contribution in [3.63, 3.8) is 0 Å². The zero-order chi connectivity index (χ0) is 35.6. The zero-order valence-electron chi connectivity index (χ0n) is 28.0. The molecule has 11 nitrogen and oxygen atoms in total. The Balaban J connectivity index is 1.03. The number of aromatic amines is 1. The number of aromatic nitrogens is 1. The maximum atomic E-state index is 14.1. The molecule has 4 aliphatic rings. The van der Waals surface area contributed by atoms with Crippen LogP contribution in [0, 0.1) is 36.5 Å². The van der Waals surface area contributed by atoms with Gasteiger partial charge in [-0.05, 0) is 92.1 Å². The number of ether oxygens (including phenoxy) is 3. The molecule has 2 aliphatic heterocycles. The van der Waals surface area contributed by atoms with Crippen molar-refractivity contribution < 1.29 is 33.4 Å². The van der Waals surface area contributed by atoms with Gasteiger partial charge in [0.1, 0.15) is 0 Å². The minimum absolute atomic E-state index is 0.00494. The summed E-state index contributed by atoms with van der Waals surface area (Å²) in [5.41, 5.74) is 3.46. The maximum absolute atomic E-state index is 14.1. The molecule has 3 heterocycles. The third-order valence-corrected chi connectivity index (χ3v) is 13.2. The minimum atomic E-state index is -0.435. The van der Waals surface area contributed by atoms with Crippen LogP contribution in [0.1, 0.15) is 45.6 Å². The van der Waals surface area contributed by atoms with Gasteiger partial charge in [-0.2, -0.15) is 0 Å². The molecule has 2 N–H and O–H groups in total. The summed E-state index contributed by atoms with van der Waals surface area (Å²) >= 11 is 2.83. The van der Waals surface area contributed by atoms with E-state index < -0.39 is 17.8 Å². The highest BCUT2D eigenvalue weighted by atomic mass is 32.2. The lowest BCUT2D eigenvalue weighted by atomic mass is 9.68. The molecule has 0 radical (unpaired) electrons. The number of anilines is 2. The van der Waals surface area contributed by atoms with E-state index in [0.29, 0.717) is 28.4 Å². The number of aryl methyl sites for hydroxylation is 1. The molecule has 0 spiro atoms. The first kappa shape index (κ1) is 33.3. The Morgan fingerprint density at radius 2 is 1.67 bits per heavy atom. The number of thiazole rings is 1. The van der Waals surface area contributed by atoms with Crippen LogP contribution in [0.2, 0.25) is 0 Å². The van der Waals surface area contributed by atoms with Gasteiger partial charge in [0, 0.05) is 21.7 Å². The standard InChI is InChI=1S/C38H35N3O8S2/c1-4-48-37(45)19-7-10-21(11-8-19)39-27(42)17-49-25-14-9-20(15-26(25)47-3)28-29-23-16-24(32(29)50-34-33(28)51-38(46)40-34)31-30(23)35(43)41(36(31)44)22-12-5-18(2)6-13-22/h5-15,23-24,28-32H,4,16-17H2,1-3H3,(H,39,42)(H,40,46)/t23-,24-,28+,29-,30+,31+,32-/m1/s1. The normalized spacial score (nSPS) is 25.6. The van der Waals surface area contributed by atoms with Gasteiger partial charge in [0.2, 0.25) is 11.8 Å². The molecule has 0 unspecified atom stereocenters. The first-order valence-corrected chi connectivity index (χ1v) is 18.6. The van der Waals surface area contributed by atoms with Gasteiger partial charge in [-0.1, -0.05) is 35.1 Å². The van der Waals surface area contributed by atoms with Crippen LogP contribution in [-0.4, -0.2) is 54.2 Å². The van der Waals surface area contributed by atoms with Crippen molar-refractivity contribution in [1.82, 2.24) is 4.98 Å². The van der Waals surface area contributed by atoms with Gasteiger partial charge in [-0.3, -0.25) is 24.1 Å². The summed E-state index contributed by atoms with van der Waals surface area (Å²) in [4.78, 5) is 70.6. The van der Waals surface area contributed by atoms with Crippen molar-refractivity contribution in [3.8, 4) is 11.5 Å². The smallest absolute Gasteiger partial charge is 0.338 e. The Kier molecular flexibility index (Phi) is 8.50. The van der Waals surface area contributed by atoms with Gasteiger partial charge in [0.05, 0.1) is 41.8 Å². The van der Waals surface area contributed by atoms with Gasteiger partial charge >= 0.3 is 10.8 Å². The van der Waals surface area contributed by atoms with E-state index in [4.69, 9.17) is 14.2 Å². The van der Waals surface area contributed by atoms with Gasteiger partial charge in [0.25, 0.3) is 5.91 Å². The molecule has 3 aromatic carbocycles. The summed E-state index contributed by atoms with van der Waals surface area (Å²) in [6.07, 6.45) is 0.783. The highest BCUT2D eigenvalue weighted by molar-refractivity contribution is 8.00. The Labute approximate surface area is 301 Å². The molecule has 2 saturated carbocycles. The molecule has 262 valence electrons. The number of amides is 3. The fourth-order valence-corrected chi connectivity index (χ4v) is 11.5. The van der Waals surface area contributed by atoms with Crippen LogP contribution in [0.25, 0.3) is 0 Å². The van der Waals surface area contributed by atoms with Crippen molar-refractivity contribution in [2.45, 2.75) is 36.5 Å². The first-order valence-electron chi connectivity index (χ1n) is 16.9. The molecule has 3 fully saturated rings. The monoisotopic (exact) mass is 725 g/mol. The van der Waals surface area contributed by atoms with Crippen LogP contribution in [0.3, 0.4) is 0 Å². The highest BCUT2D eigenvalue weighted by Crippen LogP contribution is 2.68. The Morgan fingerprint density at radius 3 is 2.37 bits per heavy atom. The molecule has 1 saturated heterocycles. The number of benzene rings is 3. The number of nitrogens with one attached hydrogen (secondary N) is 2. The second-order valence-corrected chi connectivity index (χ2v) is 15.6. The van der Waals surface area contributed by atoms with E-state index in [-0.39, 0.29) is 64.7 Å². The van der Waals surface area contributed by atoms with Crippen LogP contribution < -0.4 is 24.6 Å². The van der Waals surface area contributed by atoms with Crippen molar-refractivity contribution in [3.05, 3.63) is 98.0 Å². The van der Waals surface area contributed by atoms with E-state index in [2.05, 4.69) is 10.3 Å². The van der Waals surface area contributed by atoms with Crippen LogP contribution in [-0.2, 0) is 19.1 Å². The number of imide groups is 1.